The van der Waals surface area contributed by atoms with Crippen LogP contribution in [0.15, 0.2) is 207 Å². The molecule has 0 aliphatic heterocycles. The number of benzene rings is 6. The minimum atomic E-state index is -1.47. The Hall–Kier alpha value is -10.9. The second kappa shape index (κ2) is 26.7. The van der Waals surface area contributed by atoms with Crippen molar-refractivity contribution in [2.24, 2.45) is 0 Å². The Morgan fingerprint density at radius 1 is 0.415 bits per heavy atom. The van der Waals surface area contributed by atoms with Crippen molar-refractivity contribution >= 4 is 41.8 Å². The fourth-order valence-corrected chi connectivity index (χ4v) is 7.02. The number of halogens is 2. The van der Waals surface area contributed by atoms with E-state index in [9.17, 15) is 38.7 Å². The summed E-state index contributed by atoms with van der Waals surface area (Å²) in [5, 5.41) is 10.4. The van der Waals surface area contributed by atoms with Crippen LogP contribution < -0.4 is 37.9 Å². The summed E-state index contributed by atoms with van der Waals surface area (Å²) in [4.78, 5) is 88.6. The summed E-state index contributed by atoms with van der Waals surface area (Å²) in [6.07, 6.45) is 2.21. The van der Waals surface area contributed by atoms with Gasteiger partial charge in [0.1, 0.15) is 11.6 Å². The SMILES string of the molecule is C=CC(=O)Oc1ccc(-c2ccc(-c3ccc(OC(=O)C=C)c(OC(=O)C(=C)C=C(C)C(=O)Oc4ccc(-c5ccc(-c6ccc(OC(=O)C(=C)C)c(OC(O)C(=C)C)c6)cc5F)cc4OC(=O)C(=C)C)c3)c(F)c2)cc1OC(=O)C=C. The number of carbonyl (C=O) groups excluding carboxylic acids is 7. The lowest BCUT2D eigenvalue weighted by molar-refractivity contribution is -0.132. The van der Waals surface area contributed by atoms with Crippen molar-refractivity contribution in [1.82, 2.24) is 0 Å². The molecule has 0 saturated carbocycles. The number of aliphatic hydroxyl groups excluding tert-OH is 1. The van der Waals surface area contributed by atoms with Gasteiger partial charge in [0.2, 0.25) is 6.29 Å². The van der Waals surface area contributed by atoms with Crippen LogP contribution in [-0.4, -0.2) is 53.2 Å². The van der Waals surface area contributed by atoms with Crippen LogP contribution in [-0.2, 0) is 33.6 Å². The molecule has 0 aromatic heterocycles. The van der Waals surface area contributed by atoms with E-state index < -0.39 is 65.3 Å². The Bertz CT molecular complexity index is 3750. The molecule has 82 heavy (non-hydrogen) atoms. The van der Waals surface area contributed by atoms with Crippen molar-refractivity contribution in [3.8, 4) is 90.5 Å². The zero-order chi connectivity index (χ0) is 60.1. The van der Waals surface area contributed by atoms with Gasteiger partial charge in [-0.3, -0.25) is 0 Å². The van der Waals surface area contributed by atoms with E-state index in [1.165, 1.54) is 125 Å². The molecule has 0 spiro atoms. The second-order valence-corrected chi connectivity index (χ2v) is 17.7. The van der Waals surface area contributed by atoms with Crippen molar-refractivity contribution in [3.05, 3.63) is 219 Å². The highest BCUT2D eigenvalue weighted by Crippen LogP contribution is 2.41. The van der Waals surface area contributed by atoms with Gasteiger partial charge < -0.3 is 43.0 Å². The molecule has 0 fully saturated rings. The van der Waals surface area contributed by atoms with Crippen LogP contribution in [0.25, 0.3) is 44.5 Å². The summed E-state index contributed by atoms with van der Waals surface area (Å²) in [6.45, 7) is 30.2. The molecule has 416 valence electrons. The first-order valence-corrected chi connectivity index (χ1v) is 24.2. The van der Waals surface area contributed by atoms with E-state index in [1.807, 2.05) is 0 Å². The van der Waals surface area contributed by atoms with Gasteiger partial charge in [-0.1, -0.05) is 94.6 Å². The molecule has 0 saturated heterocycles. The summed E-state index contributed by atoms with van der Waals surface area (Å²) >= 11 is 0. The van der Waals surface area contributed by atoms with E-state index >= 15 is 8.78 Å². The minimum Gasteiger partial charge on any atom is -0.457 e. The van der Waals surface area contributed by atoms with Gasteiger partial charge in [0.05, 0.1) is 5.57 Å². The number of rotatable bonds is 22. The summed E-state index contributed by atoms with van der Waals surface area (Å²) < 4.78 is 75.5. The molecule has 0 bridgehead atoms. The van der Waals surface area contributed by atoms with E-state index in [1.54, 1.807) is 6.07 Å². The zero-order valence-corrected chi connectivity index (χ0v) is 44.6. The molecule has 0 amide bonds. The summed E-state index contributed by atoms with van der Waals surface area (Å²) in [5.41, 5.74) is 1.41. The maximum absolute atomic E-state index is 16.1. The third-order valence-electron chi connectivity index (χ3n) is 11.3. The van der Waals surface area contributed by atoms with Crippen LogP contribution in [0, 0.1) is 11.6 Å². The topological polar surface area (TPSA) is 214 Å². The van der Waals surface area contributed by atoms with Crippen molar-refractivity contribution in [3.63, 3.8) is 0 Å². The number of hydrogen-bond donors (Lipinski definition) is 1. The van der Waals surface area contributed by atoms with Crippen molar-refractivity contribution in [1.29, 1.82) is 0 Å². The Morgan fingerprint density at radius 3 is 1.15 bits per heavy atom. The van der Waals surface area contributed by atoms with Crippen molar-refractivity contribution < 1.29 is 85.3 Å². The zero-order valence-electron chi connectivity index (χ0n) is 44.6. The predicted molar refractivity (Wildman–Crippen MR) is 299 cm³/mol. The van der Waals surface area contributed by atoms with E-state index in [-0.39, 0.29) is 90.5 Å². The van der Waals surface area contributed by atoms with Crippen molar-refractivity contribution in [2.45, 2.75) is 34.0 Å². The highest BCUT2D eigenvalue weighted by molar-refractivity contribution is 5.98. The highest BCUT2D eigenvalue weighted by Gasteiger charge is 2.23. The maximum Gasteiger partial charge on any atom is 0.343 e. The molecule has 1 N–H and O–H groups in total. The van der Waals surface area contributed by atoms with Crippen LogP contribution in [0.2, 0.25) is 0 Å². The quantitative estimate of drug-likeness (QED) is 0.0167. The van der Waals surface area contributed by atoms with Gasteiger partial charge in [0.25, 0.3) is 0 Å². The molecule has 0 heterocycles. The maximum atomic E-state index is 16.1. The van der Waals surface area contributed by atoms with Crippen LogP contribution in [0.3, 0.4) is 0 Å². The Kier molecular flexibility index (Phi) is 19.6. The van der Waals surface area contributed by atoms with Gasteiger partial charge in [-0.05, 0) is 133 Å². The molecule has 0 radical (unpaired) electrons. The van der Waals surface area contributed by atoms with Gasteiger partial charge in [0, 0.05) is 46.1 Å². The van der Waals surface area contributed by atoms with Gasteiger partial charge >= 0.3 is 41.8 Å². The van der Waals surface area contributed by atoms with E-state index in [0.29, 0.717) is 22.3 Å². The Balaban J connectivity index is 1.23. The smallest absolute Gasteiger partial charge is 0.343 e. The van der Waals surface area contributed by atoms with Crippen molar-refractivity contribution in [2.75, 3.05) is 0 Å². The molecule has 1 atom stereocenters. The first-order chi connectivity index (χ1) is 38.9. The fourth-order valence-electron chi connectivity index (χ4n) is 7.02. The number of hydrogen-bond acceptors (Lipinski definition) is 16. The molecule has 18 heteroatoms. The average Bonchev–Trinajstić information content (AvgIpc) is 3.61. The van der Waals surface area contributed by atoms with Crippen LogP contribution in [0.5, 0.6) is 46.0 Å². The van der Waals surface area contributed by atoms with Crippen LogP contribution in [0.1, 0.15) is 27.7 Å². The number of esters is 7. The number of carbonyl (C=O) groups is 7. The van der Waals surface area contributed by atoms with E-state index in [0.717, 1.165) is 30.4 Å². The molecule has 0 aliphatic carbocycles. The molecule has 0 aliphatic rings. The van der Waals surface area contributed by atoms with Gasteiger partial charge in [-0.15, -0.1) is 0 Å². The molecule has 16 nitrogen and oxygen atoms in total. The Labute approximate surface area is 469 Å². The molecule has 6 rings (SSSR count). The summed E-state index contributed by atoms with van der Waals surface area (Å²) in [5.74, 6) is -9.66. The predicted octanol–water partition coefficient (Wildman–Crippen LogP) is 12.2. The van der Waals surface area contributed by atoms with Crippen LogP contribution >= 0.6 is 0 Å². The summed E-state index contributed by atoms with van der Waals surface area (Å²) in [6, 6.07) is 24.6. The largest absolute Gasteiger partial charge is 0.457 e. The highest BCUT2D eigenvalue weighted by atomic mass is 19.1. The monoisotopic (exact) mass is 1110 g/mol. The van der Waals surface area contributed by atoms with Gasteiger partial charge in [-0.25, -0.2) is 42.3 Å². The van der Waals surface area contributed by atoms with Gasteiger partial charge in [-0.2, -0.15) is 0 Å². The lowest BCUT2D eigenvalue weighted by Crippen LogP contribution is -2.17. The molecular formula is C64H50F2O16. The molecule has 1 unspecified atom stereocenters. The Morgan fingerprint density at radius 2 is 0.732 bits per heavy atom. The normalized spacial score (nSPS) is 11.1. The first-order valence-electron chi connectivity index (χ1n) is 24.2. The summed E-state index contributed by atoms with van der Waals surface area (Å²) in [7, 11) is 0. The molecule has 6 aromatic carbocycles. The lowest BCUT2D eigenvalue weighted by atomic mass is 9.99. The van der Waals surface area contributed by atoms with Gasteiger partial charge in [0.15, 0.2) is 46.0 Å². The average molecular weight is 1110 g/mol. The van der Waals surface area contributed by atoms with Crippen LogP contribution in [0.4, 0.5) is 8.78 Å². The number of aliphatic hydroxyl groups is 1. The lowest BCUT2D eigenvalue weighted by Gasteiger charge is -2.17. The fraction of sp³-hybridized carbons (Fsp3) is 0.0781. The number of ether oxygens (including phenoxy) is 8. The van der Waals surface area contributed by atoms with E-state index in [4.69, 9.17) is 37.9 Å². The minimum absolute atomic E-state index is 0.00837. The second-order valence-electron chi connectivity index (χ2n) is 17.7. The molecule has 6 aromatic rings. The third kappa shape index (κ3) is 15.2. The standard InChI is InChI=1S/C64H50F2O16/c1-12-57(67)75-49-23-17-41(30-53(49)77-59(69)14-3)39-15-21-45(47(65)28-39)43-19-25-50(76-58(68)13-2)55(32-43)82-64(74)38(11)27-37(10)63(73)79-52-26-20-44(33-56(52)81-62(72)36(8)9)46-22-16-40(29-48(46)66)42-18-24-51(78-60(70)34(4)5)54(31-42)80-61(71)35(6)7/h12-33,61,71H,1-4,6,8,11H2,5,7,9-10H3. The van der Waals surface area contributed by atoms with E-state index in [2.05, 4.69) is 46.1 Å². The molecular weight excluding hydrogens is 1060 g/mol. The first kappa shape index (κ1) is 60.4. The third-order valence-corrected chi connectivity index (χ3v) is 11.3.